The molecular formula is C8H8N3O2S. The molecule has 0 N–H and O–H groups in total. The maximum Gasteiger partial charge on any atom is 0.157 e. The first kappa shape index (κ1) is 9.14. The second kappa shape index (κ2) is 3.06. The quantitative estimate of drug-likeness (QED) is 0.721. The maximum atomic E-state index is 10.9. The van der Waals surface area contributed by atoms with Crippen LogP contribution in [0.2, 0.25) is 0 Å². The van der Waals surface area contributed by atoms with Crippen LogP contribution in [-0.4, -0.2) is 23.0 Å². The minimum Gasteiger partial charge on any atom is -0.245 e. The lowest BCUT2D eigenvalue weighted by atomic mass is 10.4. The third kappa shape index (κ3) is 1.90. The van der Waals surface area contributed by atoms with E-state index in [1.807, 2.05) is 0 Å². The van der Waals surface area contributed by atoms with Crippen LogP contribution in [0.1, 0.15) is 5.69 Å². The molecule has 0 fully saturated rings. The monoisotopic (exact) mass is 210 g/mol. The topological polar surface area (TPSA) is 64.3 Å². The molecule has 0 saturated heterocycles. The zero-order valence-corrected chi connectivity index (χ0v) is 8.11. The molecule has 0 amide bonds. The summed E-state index contributed by atoms with van der Waals surface area (Å²) in [5, 5.41) is 4.03. The molecule has 0 aliphatic rings. The van der Waals surface area contributed by atoms with Crippen LogP contribution in [0, 0.1) is 6.26 Å². The zero-order valence-electron chi connectivity index (χ0n) is 7.29. The van der Waals surface area contributed by atoms with Crippen molar-refractivity contribution in [3.8, 4) is 0 Å². The van der Waals surface area contributed by atoms with Gasteiger partial charge in [-0.1, -0.05) is 0 Å². The van der Waals surface area contributed by atoms with Crippen LogP contribution >= 0.6 is 0 Å². The van der Waals surface area contributed by atoms with Gasteiger partial charge < -0.3 is 0 Å². The number of fused-ring (bicyclic) bond motifs is 1. The number of aromatic nitrogens is 3. The van der Waals surface area contributed by atoms with Gasteiger partial charge in [0.1, 0.15) is 6.33 Å². The SMILES string of the molecule is [CH2]S(=O)(=O)Cc1cc2ccncn2n1. The van der Waals surface area contributed by atoms with Crippen molar-refractivity contribution in [1.82, 2.24) is 14.6 Å². The minimum atomic E-state index is -3.27. The Morgan fingerprint density at radius 3 is 2.93 bits per heavy atom. The molecule has 14 heavy (non-hydrogen) atoms. The molecule has 2 aromatic rings. The summed E-state index contributed by atoms with van der Waals surface area (Å²) in [7, 11) is -3.27. The Morgan fingerprint density at radius 1 is 1.50 bits per heavy atom. The number of hydrogen-bond acceptors (Lipinski definition) is 4. The summed E-state index contributed by atoms with van der Waals surface area (Å²) < 4.78 is 23.3. The molecule has 5 nitrogen and oxygen atoms in total. The Labute approximate surface area is 81.3 Å². The molecule has 0 saturated carbocycles. The van der Waals surface area contributed by atoms with Crippen LogP contribution in [0.15, 0.2) is 24.7 Å². The summed E-state index contributed by atoms with van der Waals surface area (Å²) in [6.45, 7) is 0. The zero-order chi connectivity index (χ0) is 10.2. The second-order valence-corrected chi connectivity index (χ2v) is 4.75. The molecule has 0 aliphatic heterocycles. The van der Waals surface area contributed by atoms with Crippen molar-refractivity contribution in [3.05, 3.63) is 36.6 Å². The number of sulfone groups is 1. The molecule has 0 spiro atoms. The third-order valence-electron chi connectivity index (χ3n) is 1.69. The first-order chi connectivity index (χ1) is 6.54. The Morgan fingerprint density at radius 2 is 2.29 bits per heavy atom. The van der Waals surface area contributed by atoms with Crippen molar-refractivity contribution in [1.29, 1.82) is 0 Å². The van der Waals surface area contributed by atoms with Crippen LogP contribution in [0.4, 0.5) is 0 Å². The molecule has 1 radical (unpaired) electrons. The van der Waals surface area contributed by atoms with Crippen molar-refractivity contribution in [2.45, 2.75) is 5.75 Å². The molecule has 0 aromatic carbocycles. The summed E-state index contributed by atoms with van der Waals surface area (Å²) in [5.41, 5.74) is 1.30. The maximum absolute atomic E-state index is 10.9. The molecule has 2 heterocycles. The van der Waals surface area contributed by atoms with Gasteiger partial charge in [-0.15, -0.1) is 0 Å². The van der Waals surface area contributed by atoms with Crippen LogP contribution in [-0.2, 0) is 15.6 Å². The fourth-order valence-corrected chi connectivity index (χ4v) is 1.79. The minimum absolute atomic E-state index is 0.144. The van der Waals surface area contributed by atoms with Crippen molar-refractivity contribution < 1.29 is 8.42 Å². The van der Waals surface area contributed by atoms with E-state index in [4.69, 9.17) is 0 Å². The summed E-state index contributed by atoms with van der Waals surface area (Å²) in [5.74, 6) is -0.144. The molecule has 0 atom stereocenters. The van der Waals surface area contributed by atoms with Gasteiger partial charge in [0.05, 0.1) is 23.2 Å². The van der Waals surface area contributed by atoms with Crippen LogP contribution in [0.3, 0.4) is 0 Å². The number of hydrogen-bond donors (Lipinski definition) is 0. The van der Waals surface area contributed by atoms with E-state index in [2.05, 4.69) is 16.3 Å². The van der Waals surface area contributed by atoms with Gasteiger partial charge in [-0.25, -0.2) is 17.9 Å². The smallest absolute Gasteiger partial charge is 0.157 e. The van der Waals surface area contributed by atoms with E-state index in [1.54, 1.807) is 18.3 Å². The Kier molecular flexibility index (Phi) is 1.99. The average molecular weight is 210 g/mol. The standard InChI is InChI=1S/C8H8N3O2S/c1-14(12,13)5-7-4-8-2-3-9-6-11(8)10-7/h2-4,6H,1,5H2. The van der Waals surface area contributed by atoms with E-state index in [9.17, 15) is 8.42 Å². The lowest BCUT2D eigenvalue weighted by Crippen LogP contribution is -1.99. The van der Waals surface area contributed by atoms with Crippen LogP contribution in [0.25, 0.3) is 5.52 Å². The van der Waals surface area contributed by atoms with E-state index in [0.29, 0.717) is 5.69 Å². The molecule has 0 bridgehead atoms. The van der Waals surface area contributed by atoms with Crippen LogP contribution in [0.5, 0.6) is 0 Å². The summed E-state index contributed by atoms with van der Waals surface area (Å²) in [4.78, 5) is 3.86. The highest BCUT2D eigenvalue weighted by Gasteiger charge is 2.08. The predicted octanol–water partition coefficient (Wildman–Crippen LogP) is 0.436. The van der Waals surface area contributed by atoms with Crippen LogP contribution < -0.4 is 0 Å². The van der Waals surface area contributed by atoms with Gasteiger partial charge in [-0.05, 0) is 12.1 Å². The van der Waals surface area contributed by atoms with Gasteiger partial charge in [-0.3, -0.25) is 0 Å². The highest BCUT2D eigenvalue weighted by Crippen LogP contribution is 2.07. The second-order valence-electron chi connectivity index (χ2n) is 2.97. The van der Waals surface area contributed by atoms with E-state index in [1.165, 1.54) is 10.8 Å². The normalized spacial score (nSPS) is 12.1. The van der Waals surface area contributed by atoms with Crippen molar-refractivity contribution >= 4 is 15.4 Å². The Bertz CT molecular complexity index is 526. The first-order valence-electron chi connectivity index (χ1n) is 3.89. The highest BCUT2D eigenvalue weighted by atomic mass is 32.2. The molecule has 2 aromatic heterocycles. The Balaban J connectivity index is 2.46. The van der Waals surface area contributed by atoms with Crippen molar-refractivity contribution in [3.63, 3.8) is 0 Å². The van der Waals surface area contributed by atoms with E-state index >= 15 is 0 Å². The average Bonchev–Trinajstić information content (AvgIpc) is 2.42. The Hall–Kier alpha value is -1.43. The first-order valence-corrected chi connectivity index (χ1v) is 5.71. The lowest BCUT2D eigenvalue weighted by molar-refractivity contribution is 0.602. The van der Waals surface area contributed by atoms with E-state index in [0.717, 1.165) is 5.52 Å². The highest BCUT2D eigenvalue weighted by molar-refractivity contribution is 7.91. The molecule has 0 unspecified atom stereocenters. The molecule has 6 heteroatoms. The lowest BCUT2D eigenvalue weighted by Gasteiger charge is -1.90. The number of rotatable bonds is 2. The largest absolute Gasteiger partial charge is 0.245 e. The summed E-state index contributed by atoms with van der Waals surface area (Å²) in [6.07, 6.45) is 6.19. The van der Waals surface area contributed by atoms with E-state index in [-0.39, 0.29) is 5.75 Å². The molecular weight excluding hydrogens is 202 g/mol. The van der Waals surface area contributed by atoms with E-state index < -0.39 is 9.84 Å². The van der Waals surface area contributed by atoms with Gasteiger partial charge in [0.25, 0.3) is 0 Å². The van der Waals surface area contributed by atoms with Gasteiger partial charge in [0, 0.05) is 6.20 Å². The van der Waals surface area contributed by atoms with Gasteiger partial charge >= 0.3 is 0 Å². The van der Waals surface area contributed by atoms with Gasteiger partial charge in [0.15, 0.2) is 9.84 Å². The van der Waals surface area contributed by atoms with Gasteiger partial charge in [-0.2, -0.15) is 5.10 Å². The van der Waals surface area contributed by atoms with Crippen molar-refractivity contribution in [2.24, 2.45) is 0 Å². The van der Waals surface area contributed by atoms with Crippen molar-refractivity contribution in [2.75, 3.05) is 0 Å². The number of nitrogens with zero attached hydrogens (tertiary/aromatic N) is 3. The summed E-state index contributed by atoms with van der Waals surface area (Å²) in [6, 6.07) is 3.45. The summed E-state index contributed by atoms with van der Waals surface area (Å²) >= 11 is 0. The fraction of sp³-hybridized carbons (Fsp3) is 0.125. The molecule has 2 rings (SSSR count). The molecule has 0 aliphatic carbocycles. The fourth-order valence-electron chi connectivity index (χ4n) is 1.20. The molecule has 73 valence electrons. The van der Waals surface area contributed by atoms with Gasteiger partial charge in [0.2, 0.25) is 0 Å². The third-order valence-corrected chi connectivity index (χ3v) is 2.43. The predicted molar refractivity (Wildman–Crippen MR) is 51.0 cm³/mol.